The van der Waals surface area contributed by atoms with E-state index in [0.29, 0.717) is 0 Å². The molecular formula is C32H62N2S5. The van der Waals surface area contributed by atoms with Gasteiger partial charge in [0.2, 0.25) is 0 Å². The zero-order valence-electron chi connectivity index (χ0n) is 25.7. The largest absolute Gasteiger partial charge is 0.185 e. The molecule has 2 nitrogen and oxygen atoms in total. The predicted octanol–water partition coefficient (Wildman–Crippen LogP) is 14.2. The molecule has 0 fully saturated rings. The molecular weight excluding hydrogens is 573 g/mol. The van der Waals surface area contributed by atoms with Crippen LogP contribution >= 0.6 is 54.5 Å². The zero-order chi connectivity index (χ0) is 27.9. The fraction of sp³-hybridized carbons (Fsp3) is 0.938. The summed E-state index contributed by atoms with van der Waals surface area (Å²) in [6.45, 7) is 4.60. The van der Waals surface area contributed by atoms with E-state index >= 15 is 0 Å². The van der Waals surface area contributed by atoms with Gasteiger partial charge in [-0.15, -0.1) is 10.2 Å². The lowest BCUT2D eigenvalue weighted by Crippen LogP contribution is -1.83. The van der Waals surface area contributed by atoms with E-state index in [-0.39, 0.29) is 0 Å². The van der Waals surface area contributed by atoms with Crippen LogP contribution in [0.4, 0.5) is 0 Å². The van der Waals surface area contributed by atoms with Gasteiger partial charge in [0.25, 0.3) is 0 Å². The first-order chi connectivity index (χ1) is 19.4. The van der Waals surface area contributed by atoms with Gasteiger partial charge in [0.05, 0.1) is 0 Å². The van der Waals surface area contributed by atoms with Crippen LogP contribution in [0.15, 0.2) is 8.68 Å². The number of aromatic nitrogens is 2. The van der Waals surface area contributed by atoms with Gasteiger partial charge in [-0.1, -0.05) is 201 Å². The van der Waals surface area contributed by atoms with Crippen molar-refractivity contribution in [3.05, 3.63) is 0 Å². The molecule has 0 aromatic carbocycles. The number of nitrogens with zero attached hydrogens (tertiary/aromatic N) is 2. The van der Waals surface area contributed by atoms with E-state index in [1.807, 2.05) is 43.2 Å². The maximum atomic E-state index is 4.38. The molecule has 1 heterocycles. The topological polar surface area (TPSA) is 25.8 Å². The van der Waals surface area contributed by atoms with Crippen molar-refractivity contribution in [2.24, 2.45) is 0 Å². The van der Waals surface area contributed by atoms with Crippen molar-refractivity contribution in [2.45, 2.75) is 189 Å². The fourth-order valence-corrected chi connectivity index (χ4v) is 10.7. The summed E-state index contributed by atoms with van der Waals surface area (Å²) in [5, 5.41) is 8.77. The smallest absolute Gasteiger partial charge is 0.130 e. The molecule has 0 radical (unpaired) electrons. The Bertz CT molecular complexity index is 550. The van der Waals surface area contributed by atoms with Crippen LogP contribution in [0.25, 0.3) is 0 Å². The van der Waals surface area contributed by atoms with Crippen LogP contribution < -0.4 is 0 Å². The zero-order valence-corrected chi connectivity index (χ0v) is 29.8. The fourth-order valence-electron chi connectivity index (χ4n) is 4.81. The van der Waals surface area contributed by atoms with Crippen molar-refractivity contribution >= 4 is 54.5 Å². The minimum absolute atomic E-state index is 1.12. The highest BCUT2D eigenvalue weighted by Gasteiger charge is 2.06. The molecule has 230 valence electrons. The Morgan fingerprint density at radius 1 is 0.385 bits per heavy atom. The van der Waals surface area contributed by atoms with E-state index in [9.17, 15) is 0 Å². The van der Waals surface area contributed by atoms with Crippen molar-refractivity contribution in [1.29, 1.82) is 0 Å². The maximum absolute atomic E-state index is 4.38. The van der Waals surface area contributed by atoms with Crippen molar-refractivity contribution in [3.8, 4) is 0 Å². The summed E-state index contributed by atoms with van der Waals surface area (Å²) < 4.78 is 2.25. The standard InChI is InChI=1S/C32H62N2S5/c1-3-5-7-9-11-13-15-17-19-21-23-25-27-29-35-38-31-33-34-32(37-31)39-36-30-28-26-24-22-20-18-16-14-12-10-8-6-4-2/h3-30H2,1-2H3. The summed E-state index contributed by atoms with van der Waals surface area (Å²) >= 11 is 1.77. The Kier molecular flexibility index (Phi) is 31.1. The van der Waals surface area contributed by atoms with Crippen LogP contribution in [0.5, 0.6) is 0 Å². The molecule has 0 spiro atoms. The quantitative estimate of drug-likeness (QED) is 0.0578. The van der Waals surface area contributed by atoms with Gasteiger partial charge in [0.15, 0.2) is 8.68 Å². The Morgan fingerprint density at radius 2 is 0.641 bits per heavy atom. The first-order valence-corrected chi connectivity index (χ1v) is 22.2. The first kappa shape index (κ1) is 38.0. The van der Waals surface area contributed by atoms with Gasteiger partial charge in [0.1, 0.15) is 0 Å². The number of rotatable bonds is 32. The van der Waals surface area contributed by atoms with E-state index in [1.54, 1.807) is 11.3 Å². The highest BCUT2D eigenvalue weighted by molar-refractivity contribution is 8.77. The molecule has 0 N–H and O–H groups in total. The second kappa shape index (κ2) is 31.9. The minimum Gasteiger partial charge on any atom is -0.130 e. The Balaban J connectivity index is 1.79. The van der Waals surface area contributed by atoms with E-state index in [0.717, 1.165) is 8.68 Å². The molecule has 0 unspecified atom stereocenters. The van der Waals surface area contributed by atoms with Gasteiger partial charge >= 0.3 is 0 Å². The molecule has 0 saturated carbocycles. The number of hydrogen-bond acceptors (Lipinski definition) is 7. The van der Waals surface area contributed by atoms with Crippen molar-refractivity contribution < 1.29 is 0 Å². The Morgan fingerprint density at radius 3 is 0.923 bits per heavy atom. The van der Waals surface area contributed by atoms with Gasteiger partial charge < -0.3 is 0 Å². The van der Waals surface area contributed by atoms with Gasteiger partial charge in [-0.2, -0.15) is 0 Å². The lowest BCUT2D eigenvalue weighted by Gasteiger charge is -2.03. The highest BCUT2D eigenvalue weighted by Crippen LogP contribution is 2.40. The van der Waals surface area contributed by atoms with E-state index in [2.05, 4.69) is 24.0 Å². The van der Waals surface area contributed by atoms with E-state index < -0.39 is 0 Å². The predicted molar refractivity (Wildman–Crippen MR) is 188 cm³/mol. The summed E-state index contributed by atoms with van der Waals surface area (Å²) in [5.41, 5.74) is 0. The van der Waals surface area contributed by atoms with Crippen LogP contribution in [-0.4, -0.2) is 21.7 Å². The van der Waals surface area contributed by atoms with Crippen molar-refractivity contribution in [1.82, 2.24) is 10.2 Å². The Hall–Kier alpha value is 0.960. The normalized spacial score (nSPS) is 11.5. The monoisotopic (exact) mass is 634 g/mol. The summed E-state index contributed by atoms with van der Waals surface area (Å²) in [5.74, 6) is 2.47. The third kappa shape index (κ3) is 27.5. The molecule has 1 rings (SSSR count). The lowest BCUT2D eigenvalue weighted by molar-refractivity contribution is 0.543. The second-order valence-electron chi connectivity index (χ2n) is 11.1. The lowest BCUT2D eigenvalue weighted by atomic mass is 10.1. The average molecular weight is 635 g/mol. The van der Waals surface area contributed by atoms with Crippen molar-refractivity contribution in [3.63, 3.8) is 0 Å². The molecule has 7 heteroatoms. The van der Waals surface area contributed by atoms with Crippen molar-refractivity contribution in [2.75, 3.05) is 11.5 Å². The first-order valence-electron chi connectivity index (χ1n) is 16.8. The highest BCUT2D eigenvalue weighted by atomic mass is 33.1. The number of unbranched alkanes of at least 4 members (excludes halogenated alkanes) is 24. The van der Waals surface area contributed by atoms with E-state index in [4.69, 9.17) is 0 Å². The summed E-state index contributed by atoms with van der Waals surface area (Å²) in [6, 6.07) is 0. The van der Waals surface area contributed by atoms with Gasteiger partial charge in [-0.3, -0.25) is 0 Å². The molecule has 0 bridgehead atoms. The molecule has 1 aromatic heterocycles. The molecule has 0 aliphatic carbocycles. The van der Waals surface area contributed by atoms with Crippen LogP contribution in [0.3, 0.4) is 0 Å². The molecule has 1 aromatic rings. The third-order valence-electron chi connectivity index (χ3n) is 7.31. The molecule has 39 heavy (non-hydrogen) atoms. The van der Waals surface area contributed by atoms with Crippen LogP contribution in [0.2, 0.25) is 0 Å². The van der Waals surface area contributed by atoms with Gasteiger partial charge in [-0.05, 0) is 34.4 Å². The SMILES string of the molecule is CCCCCCCCCCCCCCCSSc1nnc(SSCCCCCCCCCCCCCCC)s1. The minimum atomic E-state index is 1.12. The molecule has 0 saturated heterocycles. The molecule has 0 aliphatic rings. The second-order valence-corrected chi connectivity index (χ2v) is 17.4. The summed E-state index contributed by atoms with van der Waals surface area (Å²) in [4.78, 5) is 0. The number of hydrogen-bond donors (Lipinski definition) is 0. The van der Waals surface area contributed by atoms with Gasteiger partial charge in [0, 0.05) is 11.5 Å². The van der Waals surface area contributed by atoms with E-state index in [1.165, 1.54) is 178 Å². The van der Waals surface area contributed by atoms with Crippen LogP contribution in [-0.2, 0) is 0 Å². The molecule has 0 atom stereocenters. The third-order valence-corrected chi connectivity index (χ3v) is 13.7. The van der Waals surface area contributed by atoms with Crippen LogP contribution in [0.1, 0.15) is 181 Å². The summed E-state index contributed by atoms with van der Waals surface area (Å²) in [6.07, 6.45) is 37.1. The maximum Gasteiger partial charge on any atom is 0.185 e. The molecule has 0 amide bonds. The van der Waals surface area contributed by atoms with Gasteiger partial charge in [-0.25, -0.2) is 0 Å². The Labute approximate surface area is 264 Å². The molecule has 0 aliphatic heterocycles. The summed E-state index contributed by atoms with van der Waals surface area (Å²) in [7, 11) is 7.58. The average Bonchev–Trinajstić information content (AvgIpc) is 3.40. The van der Waals surface area contributed by atoms with Crippen LogP contribution in [0, 0.1) is 0 Å².